The standard InChI is InChI=1S/C16H24N2O2/c1-14(12-16(19)20-2)18-10-8-17(9-11-18)13-15-6-4-3-5-7-15/h3-7,14H,8-13H2,1-2H3. The van der Waals surface area contributed by atoms with Crippen molar-refractivity contribution >= 4 is 5.97 Å². The Labute approximate surface area is 121 Å². The molecule has 1 aliphatic heterocycles. The topological polar surface area (TPSA) is 32.8 Å². The Hall–Kier alpha value is -1.39. The summed E-state index contributed by atoms with van der Waals surface area (Å²) in [5, 5.41) is 0. The molecule has 1 aliphatic rings. The highest BCUT2D eigenvalue weighted by molar-refractivity contribution is 5.69. The van der Waals surface area contributed by atoms with Gasteiger partial charge in [-0.25, -0.2) is 0 Å². The van der Waals surface area contributed by atoms with Crippen LogP contribution in [-0.2, 0) is 16.1 Å². The molecule has 110 valence electrons. The molecule has 0 spiro atoms. The summed E-state index contributed by atoms with van der Waals surface area (Å²) < 4.78 is 4.74. The van der Waals surface area contributed by atoms with Crippen molar-refractivity contribution in [2.24, 2.45) is 0 Å². The number of ether oxygens (including phenoxy) is 1. The van der Waals surface area contributed by atoms with Gasteiger partial charge in [0.2, 0.25) is 0 Å². The van der Waals surface area contributed by atoms with Crippen molar-refractivity contribution < 1.29 is 9.53 Å². The van der Waals surface area contributed by atoms with Crippen LogP contribution in [0.4, 0.5) is 0 Å². The second-order valence-corrected chi connectivity index (χ2v) is 5.43. The average Bonchev–Trinajstić information content (AvgIpc) is 2.49. The van der Waals surface area contributed by atoms with Crippen molar-refractivity contribution in [3.05, 3.63) is 35.9 Å². The number of methoxy groups -OCH3 is 1. The molecule has 0 N–H and O–H groups in total. The maximum Gasteiger partial charge on any atom is 0.307 e. The molecule has 1 aromatic carbocycles. The molecule has 1 atom stereocenters. The third-order valence-electron chi connectivity index (χ3n) is 3.97. The Kier molecular flexibility index (Phi) is 5.56. The molecule has 1 saturated heterocycles. The molecule has 0 aromatic heterocycles. The zero-order chi connectivity index (χ0) is 14.4. The Morgan fingerprint density at radius 1 is 1.20 bits per heavy atom. The molecule has 0 aliphatic carbocycles. The minimum Gasteiger partial charge on any atom is -0.469 e. The predicted octanol–water partition coefficient (Wildman–Crippen LogP) is 1.76. The van der Waals surface area contributed by atoms with Gasteiger partial charge < -0.3 is 4.74 Å². The Morgan fingerprint density at radius 2 is 1.85 bits per heavy atom. The maximum absolute atomic E-state index is 11.3. The third-order valence-corrected chi connectivity index (χ3v) is 3.97. The van der Waals surface area contributed by atoms with Gasteiger partial charge in [-0.3, -0.25) is 14.6 Å². The molecule has 4 nitrogen and oxygen atoms in total. The molecule has 1 unspecified atom stereocenters. The Balaban J connectivity index is 1.76. The summed E-state index contributed by atoms with van der Waals surface area (Å²) >= 11 is 0. The highest BCUT2D eigenvalue weighted by Gasteiger charge is 2.22. The number of rotatable bonds is 5. The first-order chi connectivity index (χ1) is 9.69. The van der Waals surface area contributed by atoms with E-state index < -0.39 is 0 Å². The Morgan fingerprint density at radius 3 is 2.45 bits per heavy atom. The monoisotopic (exact) mass is 276 g/mol. The molecule has 1 heterocycles. The summed E-state index contributed by atoms with van der Waals surface area (Å²) in [6.07, 6.45) is 0.481. The Bertz CT molecular complexity index is 414. The SMILES string of the molecule is COC(=O)CC(C)N1CCN(Cc2ccccc2)CC1. The van der Waals surface area contributed by atoms with E-state index >= 15 is 0 Å². The van der Waals surface area contributed by atoms with E-state index in [1.165, 1.54) is 12.7 Å². The number of piperazine rings is 1. The minimum atomic E-state index is -0.121. The van der Waals surface area contributed by atoms with Gasteiger partial charge in [0.05, 0.1) is 13.5 Å². The van der Waals surface area contributed by atoms with Gasteiger partial charge in [0.15, 0.2) is 0 Å². The normalized spacial score (nSPS) is 18.7. The number of hydrogen-bond acceptors (Lipinski definition) is 4. The van der Waals surface area contributed by atoms with Crippen LogP contribution in [-0.4, -0.2) is 55.1 Å². The zero-order valence-electron chi connectivity index (χ0n) is 12.4. The zero-order valence-corrected chi connectivity index (χ0v) is 12.4. The van der Waals surface area contributed by atoms with E-state index in [1.54, 1.807) is 0 Å². The lowest BCUT2D eigenvalue weighted by Crippen LogP contribution is -2.49. The summed E-state index contributed by atoms with van der Waals surface area (Å²) in [5.41, 5.74) is 1.36. The summed E-state index contributed by atoms with van der Waals surface area (Å²) in [6, 6.07) is 10.8. The largest absolute Gasteiger partial charge is 0.469 e. The number of hydrogen-bond donors (Lipinski definition) is 0. The number of benzene rings is 1. The van der Waals surface area contributed by atoms with Crippen LogP contribution in [0.15, 0.2) is 30.3 Å². The lowest BCUT2D eigenvalue weighted by atomic mass is 10.1. The summed E-state index contributed by atoms with van der Waals surface area (Å²) in [4.78, 5) is 16.2. The van der Waals surface area contributed by atoms with Crippen LogP contribution >= 0.6 is 0 Å². The molecule has 20 heavy (non-hydrogen) atoms. The molecular formula is C16H24N2O2. The second kappa shape index (κ2) is 7.41. The highest BCUT2D eigenvalue weighted by Crippen LogP contribution is 2.12. The number of carbonyl (C=O) groups excluding carboxylic acids is 1. The molecule has 0 saturated carbocycles. The van der Waals surface area contributed by atoms with Gasteiger partial charge >= 0.3 is 5.97 Å². The smallest absolute Gasteiger partial charge is 0.307 e. The second-order valence-electron chi connectivity index (χ2n) is 5.43. The van der Waals surface area contributed by atoms with Crippen molar-refractivity contribution in [3.63, 3.8) is 0 Å². The number of esters is 1. The molecule has 0 radical (unpaired) electrons. The van der Waals surface area contributed by atoms with Crippen LogP contribution < -0.4 is 0 Å². The van der Waals surface area contributed by atoms with Gasteiger partial charge in [-0.05, 0) is 12.5 Å². The van der Waals surface area contributed by atoms with Crippen molar-refractivity contribution in [2.75, 3.05) is 33.3 Å². The highest BCUT2D eigenvalue weighted by atomic mass is 16.5. The van der Waals surface area contributed by atoms with Crippen molar-refractivity contribution in [2.45, 2.75) is 25.9 Å². The summed E-state index contributed by atoms with van der Waals surface area (Å²) in [5.74, 6) is -0.121. The van der Waals surface area contributed by atoms with Gasteiger partial charge in [-0.15, -0.1) is 0 Å². The number of nitrogens with zero attached hydrogens (tertiary/aromatic N) is 2. The van der Waals surface area contributed by atoms with E-state index in [0.29, 0.717) is 6.42 Å². The molecule has 0 amide bonds. The van der Waals surface area contributed by atoms with E-state index in [0.717, 1.165) is 32.7 Å². The van der Waals surface area contributed by atoms with Gasteiger partial charge in [0.1, 0.15) is 0 Å². The predicted molar refractivity (Wildman–Crippen MR) is 79.4 cm³/mol. The lowest BCUT2D eigenvalue weighted by molar-refractivity contribution is -0.142. The average molecular weight is 276 g/mol. The summed E-state index contributed by atoms with van der Waals surface area (Å²) in [6.45, 7) is 7.26. The first kappa shape index (κ1) is 15.0. The van der Waals surface area contributed by atoms with E-state index in [-0.39, 0.29) is 12.0 Å². The van der Waals surface area contributed by atoms with E-state index in [4.69, 9.17) is 4.74 Å². The fraction of sp³-hybridized carbons (Fsp3) is 0.562. The first-order valence-corrected chi connectivity index (χ1v) is 7.26. The lowest BCUT2D eigenvalue weighted by Gasteiger charge is -2.37. The number of carbonyl (C=O) groups is 1. The quantitative estimate of drug-likeness (QED) is 0.767. The van der Waals surface area contributed by atoms with E-state index in [2.05, 4.69) is 47.1 Å². The van der Waals surface area contributed by atoms with E-state index in [9.17, 15) is 4.79 Å². The molecule has 2 rings (SSSR count). The van der Waals surface area contributed by atoms with Gasteiger partial charge in [-0.1, -0.05) is 30.3 Å². The van der Waals surface area contributed by atoms with Gasteiger partial charge in [0.25, 0.3) is 0 Å². The van der Waals surface area contributed by atoms with Gasteiger partial charge in [0, 0.05) is 38.8 Å². The van der Waals surface area contributed by atoms with E-state index in [1.807, 2.05) is 0 Å². The van der Waals surface area contributed by atoms with Gasteiger partial charge in [-0.2, -0.15) is 0 Å². The maximum atomic E-state index is 11.3. The fourth-order valence-corrected chi connectivity index (χ4v) is 2.66. The van der Waals surface area contributed by atoms with Crippen molar-refractivity contribution in [1.82, 2.24) is 9.80 Å². The van der Waals surface area contributed by atoms with Crippen LogP contribution in [0, 0.1) is 0 Å². The van der Waals surface area contributed by atoms with Crippen LogP contribution in [0.5, 0.6) is 0 Å². The van der Waals surface area contributed by atoms with Crippen LogP contribution in [0.3, 0.4) is 0 Å². The van der Waals surface area contributed by atoms with Crippen LogP contribution in [0.2, 0.25) is 0 Å². The molecule has 1 fully saturated rings. The van der Waals surface area contributed by atoms with Crippen molar-refractivity contribution in [3.8, 4) is 0 Å². The van der Waals surface area contributed by atoms with Crippen LogP contribution in [0.25, 0.3) is 0 Å². The first-order valence-electron chi connectivity index (χ1n) is 7.26. The van der Waals surface area contributed by atoms with Crippen LogP contribution in [0.1, 0.15) is 18.9 Å². The molecule has 1 aromatic rings. The fourth-order valence-electron chi connectivity index (χ4n) is 2.66. The molecule has 0 bridgehead atoms. The third kappa shape index (κ3) is 4.32. The van der Waals surface area contributed by atoms with Crippen molar-refractivity contribution in [1.29, 1.82) is 0 Å². The molecular weight excluding hydrogens is 252 g/mol. The summed E-state index contributed by atoms with van der Waals surface area (Å²) in [7, 11) is 1.45. The molecule has 4 heteroatoms. The minimum absolute atomic E-state index is 0.121.